The SMILES string of the molecule is O=C(NNC(=O)c1nnn(-c2ccccc2)c1C1CC1)c1cccc(S(=O)(=O)N2CCCC2)c1. The summed E-state index contributed by atoms with van der Waals surface area (Å²) in [6.07, 6.45) is 3.52. The van der Waals surface area contributed by atoms with E-state index in [9.17, 15) is 18.0 Å². The molecular formula is C23H24N6O4S. The van der Waals surface area contributed by atoms with Crippen LogP contribution in [0.3, 0.4) is 0 Å². The van der Waals surface area contributed by atoms with Gasteiger partial charge in [-0.2, -0.15) is 4.31 Å². The predicted molar refractivity (Wildman–Crippen MR) is 123 cm³/mol. The van der Waals surface area contributed by atoms with Crippen molar-refractivity contribution in [1.29, 1.82) is 0 Å². The van der Waals surface area contributed by atoms with Gasteiger partial charge in [-0.15, -0.1) is 5.10 Å². The molecule has 0 atom stereocenters. The highest BCUT2D eigenvalue weighted by Crippen LogP contribution is 2.41. The zero-order valence-electron chi connectivity index (χ0n) is 18.3. The van der Waals surface area contributed by atoms with Gasteiger partial charge in [0.2, 0.25) is 10.0 Å². The lowest BCUT2D eigenvalue weighted by Gasteiger charge is -2.16. The lowest BCUT2D eigenvalue weighted by Crippen LogP contribution is -2.42. The number of hydrazine groups is 1. The highest BCUT2D eigenvalue weighted by atomic mass is 32.2. The molecule has 1 aliphatic carbocycles. The van der Waals surface area contributed by atoms with E-state index in [1.165, 1.54) is 28.6 Å². The molecule has 0 spiro atoms. The fraction of sp³-hybridized carbons (Fsp3) is 0.304. The minimum Gasteiger partial charge on any atom is -0.267 e. The monoisotopic (exact) mass is 480 g/mol. The van der Waals surface area contributed by atoms with Gasteiger partial charge < -0.3 is 0 Å². The second kappa shape index (κ2) is 8.99. The Kier molecular flexibility index (Phi) is 5.88. The molecule has 176 valence electrons. The first kappa shape index (κ1) is 22.2. The maximum Gasteiger partial charge on any atom is 0.292 e. The summed E-state index contributed by atoms with van der Waals surface area (Å²) in [6.45, 7) is 0.948. The van der Waals surface area contributed by atoms with Gasteiger partial charge in [0.25, 0.3) is 11.8 Å². The maximum atomic E-state index is 12.8. The third-order valence-corrected chi connectivity index (χ3v) is 7.87. The summed E-state index contributed by atoms with van der Waals surface area (Å²) in [5.74, 6) is -1.03. The van der Waals surface area contributed by atoms with Crippen molar-refractivity contribution in [1.82, 2.24) is 30.2 Å². The van der Waals surface area contributed by atoms with Gasteiger partial charge >= 0.3 is 0 Å². The fourth-order valence-corrected chi connectivity index (χ4v) is 5.62. The predicted octanol–water partition coefficient (Wildman–Crippen LogP) is 2.00. The number of carbonyl (C=O) groups is 2. The minimum absolute atomic E-state index is 0.0511. The van der Waals surface area contributed by atoms with E-state index >= 15 is 0 Å². The lowest BCUT2D eigenvalue weighted by molar-refractivity contribution is 0.0843. The van der Waals surface area contributed by atoms with Crippen molar-refractivity contribution >= 4 is 21.8 Å². The van der Waals surface area contributed by atoms with E-state index in [0.29, 0.717) is 18.8 Å². The molecule has 2 fully saturated rings. The number of hydrogen-bond donors (Lipinski definition) is 2. The van der Waals surface area contributed by atoms with Crippen LogP contribution in [0.25, 0.3) is 5.69 Å². The fourth-order valence-electron chi connectivity index (χ4n) is 4.05. The molecule has 0 bridgehead atoms. The minimum atomic E-state index is -3.66. The van der Waals surface area contributed by atoms with E-state index in [1.807, 2.05) is 30.3 Å². The lowest BCUT2D eigenvalue weighted by atomic mass is 10.2. The van der Waals surface area contributed by atoms with Gasteiger partial charge in [-0.3, -0.25) is 20.4 Å². The van der Waals surface area contributed by atoms with E-state index in [2.05, 4.69) is 21.2 Å². The Morgan fingerprint density at radius 2 is 1.62 bits per heavy atom. The molecule has 5 rings (SSSR count). The molecule has 1 aliphatic heterocycles. The Balaban J connectivity index is 1.30. The molecule has 2 aliphatic rings. The smallest absolute Gasteiger partial charge is 0.267 e. The van der Waals surface area contributed by atoms with Crippen LogP contribution in [-0.4, -0.2) is 52.6 Å². The molecule has 2 amide bonds. The van der Waals surface area contributed by atoms with Gasteiger partial charge in [-0.05, 0) is 56.0 Å². The molecule has 2 N–H and O–H groups in total. The third-order valence-electron chi connectivity index (χ3n) is 5.97. The van der Waals surface area contributed by atoms with Gasteiger partial charge in [0.1, 0.15) is 0 Å². The van der Waals surface area contributed by atoms with Crippen molar-refractivity contribution < 1.29 is 18.0 Å². The first-order valence-electron chi connectivity index (χ1n) is 11.2. The molecule has 1 saturated heterocycles. The standard InChI is InChI=1S/C23H24N6O4S/c30-22(17-7-6-10-19(15-17)34(32,33)28-13-4-5-14-28)25-26-23(31)20-21(16-11-12-16)29(27-24-20)18-8-2-1-3-9-18/h1-3,6-10,15-16H,4-5,11-14H2,(H,25,30)(H,26,31). The number of sulfonamides is 1. The summed E-state index contributed by atoms with van der Waals surface area (Å²) in [6, 6.07) is 15.2. The van der Waals surface area contributed by atoms with Crippen molar-refractivity contribution in [3.63, 3.8) is 0 Å². The summed E-state index contributed by atoms with van der Waals surface area (Å²) in [4.78, 5) is 25.5. The number of aromatic nitrogens is 3. The van der Waals surface area contributed by atoms with E-state index in [1.54, 1.807) is 4.68 Å². The second-order valence-electron chi connectivity index (χ2n) is 8.39. The number of amides is 2. The van der Waals surface area contributed by atoms with Crippen LogP contribution < -0.4 is 10.9 Å². The van der Waals surface area contributed by atoms with Crippen molar-refractivity contribution in [2.75, 3.05) is 13.1 Å². The quantitative estimate of drug-likeness (QED) is 0.520. The number of rotatable bonds is 6. The van der Waals surface area contributed by atoms with Crippen LogP contribution in [0.5, 0.6) is 0 Å². The van der Waals surface area contributed by atoms with Crippen LogP contribution in [0.2, 0.25) is 0 Å². The van der Waals surface area contributed by atoms with Crippen LogP contribution in [0.4, 0.5) is 0 Å². The van der Waals surface area contributed by atoms with Gasteiger partial charge in [0, 0.05) is 24.6 Å². The average molecular weight is 481 g/mol. The van der Waals surface area contributed by atoms with Crippen molar-refractivity contribution in [3.05, 3.63) is 71.5 Å². The average Bonchev–Trinajstić information content (AvgIpc) is 3.35. The Hall–Kier alpha value is -3.57. The molecule has 34 heavy (non-hydrogen) atoms. The molecule has 10 nitrogen and oxygen atoms in total. The zero-order chi connectivity index (χ0) is 23.7. The maximum absolute atomic E-state index is 12.8. The number of benzene rings is 2. The Morgan fingerprint density at radius 3 is 2.32 bits per heavy atom. The van der Waals surface area contributed by atoms with Crippen LogP contribution in [-0.2, 0) is 10.0 Å². The topological polar surface area (TPSA) is 126 Å². The number of para-hydroxylation sites is 1. The van der Waals surface area contributed by atoms with Crippen molar-refractivity contribution in [2.45, 2.75) is 36.5 Å². The summed E-state index contributed by atoms with van der Waals surface area (Å²) in [5, 5.41) is 8.21. The summed E-state index contributed by atoms with van der Waals surface area (Å²) < 4.78 is 28.7. The summed E-state index contributed by atoms with van der Waals surface area (Å²) >= 11 is 0. The summed E-state index contributed by atoms with van der Waals surface area (Å²) in [5.41, 5.74) is 6.52. The third kappa shape index (κ3) is 4.31. The van der Waals surface area contributed by atoms with Gasteiger partial charge in [-0.25, -0.2) is 13.1 Å². The van der Waals surface area contributed by atoms with Gasteiger partial charge in [0.05, 0.1) is 16.3 Å². The Morgan fingerprint density at radius 1 is 0.912 bits per heavy atom. The largest absolute Gasteiger partial charge is 0.292 e. The first-order chi connectivity index (χ1) is 16.4. The first-order valence-corrected chi connectivity index (χ1v) is 12.6. The molecule has 0 radical (unpaired) electrons. The molecule has 1 saturated carbocycles. The second-order valence-corrected chi connectivity index (χ2v) is 10.3. The summed E-state index contributed by atoms with van der Waals surface area (Å²) in [7, 11) is -3.66. The number of hydrogen-bond acceptors (Lipinski definition) is 6. The molecule has 3 aromatic rings. The molecule has 1 aromatic heterocycles. The normalized spacial score (nSPS) is 16.4. The van der Waals surface area contributed by atoms with Gasteiger partial charge in [0.15, 0.2) is 5.69 Å². The Labute approximate surface area is 197 Å². The number of nitrogens with one attached hydrogen (secondary N) is 2. The molecule has 0 unspecified atom stereocenters. The van der Waals surface area contributed by atoms with E-state index in [0.717, 1.165) is 31.4 Å². The highest BCUT2D eigenvalue weighted by Gasteiger charge is 2.34. The van der Waals surface area contributed by atoms with Crippen LogP contribution in [0.1, 0.15) is 58.1 Å². The van der Waals surface area contributed by atoms with Crippen LogP contribution >= 0.6 is 0 Å². The Bertz CT molecular complexity index is 1330. The molecule has 2 aromatic carbocycles. The van der Waals surface area contributed by atoms with Crippen LogP contribution in [0.15, 0.2) is 59.5 Å². The van der Waals surface area contributed by atoms with Gasteiger partial charge in [-0.1, -0.05) is 29.5 Å². The zero-order valence-corrected chi connectivity index (χ0v) is 19.2. The number of nitrogens with zero attached hydrogens (tertiary/aromatic N) is 4. The van der Waals surface area contributed by atoms with Crippen molar-refractivity contribution in [2.24, 2.45) is 0 Å². The van der Waals surface area contributed by atoms with E-state index in [4.69, 9.17) is 0 Å². The molecule has 2 heterocycles. The highest BCUT2D eigenvalue weighted by molar-refractivity contribution is 7.89. The number of carbonyl (C=O) groups excluding carboxylic acids is 2. The molecule has 11 heteroatoms. The van der Waals surface area contributed by atoms with Crippen molar-refractivity contribution in [3.8, 4) is 5.69 Å². The van der Waals surface area contributed by atoms with E-state index < -0.39 is 21.8 Å². The molecular weight excluding hydrogens is 456 g/mol. The van der Waals surface area contributed by atoms with Crippen LogP contribution in [0, 0.1) is 0 Å². The van der Waals surface area contributed by atoms with E-state index in [-0.39, 0.29) is 22.1 Å².